The first-order chi connectivity index (χ1) is 12.2. The number of aromatic nitrogens is 2. The number of ether oxygens (including phenoxy) is 1. The molecule has 1 N–H and O–H groups in total. The molecular formula is C18H22N4O4. The van der Waals surface area contributed by atoms with E-state index in [-0.39, 0.29) is 11.7 Å². The maximum atomic E-state index is 12.1. The Morgan fingerprint density at radius 1 is 1.15 bits per heavy atom. The van der Waals surface area contributed by atoms with Crippen LogP contribution in [0.25, 0.3) is 10.9 Å². The Morgan fingerprint density at radius 2 is 1.85 bits per heavy atom. The van der Waals surface area contributed by atoms with E-state index in [1.807, 2.05) is 25.7 Å². The van der Waals surface area contributed by atoms with Crippen molar-refractivity contribution in [2.45, 2.75) is 26.4 Å². The zero-order valence-electron chi connectivity index (χ0n) is 15.1. The minimum atomic E-state index is -1.00. The van der Waals surface area contributed by atoms with Crippen LogP contribution in [0.3, 0.4) is 0 Å². The number of fused-ring (bicyclic) bond motifs is 1. The van der Waals surface area contributed by atoms with Gasteiger partial charge in [-0.2, -0.15) is 0 Å². The van der Waals surface area contributed by atoms with Gasteiger partial charge in [-0.1, -0.05) is 6.07 Å². The van der Waals surface area contributed by atoms with Gasteiger partial charge in [0.05, 0.1) is 11.1 Å². The number of rotatable bonds is 2. The fourth-order valence-corrected chi connectivity index (χ4v) is 2.80. The normalized spacial score (nSPS) is 15.2. The first-order valence-electron chi connectivity index (χ1n) is 8.46. The SMILES string of the molecule is CC(C)(C)OC(=O)N1CCN(c2ncc3c(C(=O)O)cccc3n2)CC1. The monoisotopic (exact) mass is 358 g/mol. The van der Waals surface area contributed by atoms with Crippen LogP contribution in [0.5, 0.6) is 0 Å². The third kappa shape index (κ3) is 3.84. The van der Waals surface area contributed by atoms with E-state index < -0.39 is 11.6 Å². The van der Waals surface area contributed by atoms with Gasteiger partial charge in [-0.15, -0.1) is 0 Å². The van der Waals surface area contributed by atoms with E-state index in [1.165, 1.54) is 6.07 Å². The molecule has 0 unspecified atom stereocenters. The van der Waals surface area contributed by atoms with Gasteiger partial charge in [-0.3, -0.25) is 0 Å². The molecule has 0 saturated carbocycles. The molecular weight excluding hydrogens is 336 g/mol. The van der Waals surface area contributed by atoms with E-state index in [2.05, 4.69) is 9.97 Å². The molecule has 2 aromatic rings. The Balaban J connectivity index is 1.72. The Morgan fingerprint density at radius 3 is 2.46 bits per heavy atom. The zero-order valence-corrected chi connectivity index (χ0v) is 15.1. The first kappa shape index (κ1) is 17.9. The van der Waals surface area contributed by atoms with Gasteiger partial charge in [0.25, 0.3) is 0 Å². The smallest absolute Gasteiger partial charge is 0.410 e. The minimum absolute atomic E-state index is 0.184. The summed E-state index contributed by atoms with van der Waals surface area (Å²) in [6.45, 7) is 7.74. The maximum absolute atomic E-state index is 12.1. The van der Waals surface area contributed by atoms with E-state index >= 15 is 0 Å². The lowest BCUT2D eigenvalue weighted by atomic mass is 10.1. The summed E-state index contributed by atoms with van der Waals surface area (Å²) in [6, 6.07) is 4.97. The topological polar surface area (TPSA) is 95.9 Å². The van der Waals surface area contributed by atoms with Crippen molar-refractivity contribution < 1.29 is 19.4 Å². The average molecular weight is 358 g/mol. The van der Waals surface area contributed by atoms with Crippen molar-refractivity contribution in [3.63, 3.8) is 0 Å². The molecule has 1 aliphatic heterocycles. The van der Waals surface area contributed by atoms with Gasteiger partial charge in [0.1, 0.15) is 5.60 Å². The molecule has 0 spiro atoms. The molecule has 1 amide bonds. The Kier molecular flexibility index (Phi) is 4.67. The molecule has 0 aliphatic carbocycles. The van der Waals surface area contributed by atoms with Crippen LogP contribution in [0.2, 0.25) is 0 Å². The summed E-state index contributed by atoms with van der Waals surface area (Å²) in [7, 11) is 0. The number of hydrogen-bond acceptors (Lipinski definition) is 6. The van der Waals surface area contributed by atoms with Gasteiger partial charge in [0, 0.05) is 37.8 Å². The van der Waals surface area contributed by atoms with Crippen molar-refractivity contribution in [3.05, 3.63) is 30.0 Å². The van der Waals surface area contributed by atoms with E-state index in [4.69, 9.17) is 4.74 Å². The van der Waals surface area contributed by atoms with Gasteiger partial charge < -0.3 is 19.6 Å². The van der Waals surface area contributed by atoms with Crippen LogP contribution in [0.15, 0.2) is 24.4 Å². The lowest BCUT2D eigenvalue weighted by Crippen LogP contribution is -2.50. The van der Waals surface area contributed by atoms with E-state index in [9.17, 15) is 14.7 Å². The van der Waals surface area contributed by atoms with Crippen LogP contribution in [-0.4, -0.2) is 63.8 Å². The van der Waals surface area contributed by atoms with Crippen LogP contribution in [0, 0.1) is 0 Å². The van der Waals surface area contributed by atoms with Crippen molar-refractivity contribution in [3.8, 4) is 0 Å². The minimum Gasteiger partial charge on any atom is -0.478 e. The number of carbonyl (C=O) groups is 2. The largest absolute Gasteiger partial charge is 0.478 e. The molecule has 1 aromatic heterocycles. The predicted molar refractivity (Wildman–Crippen MR) is 96.5 cm³/mol. The number of anilines is 1. The van der Waals surface area contributed by atoms with E-state index in [0.717, 1.165) is 0 Å². The summed E-state index contributed by atoms with van der Waals surface area (Å²) in [5, 5.41) is 9.76. The number of amides is 1. The lowest BCUT2D eigenvalue weighted by molar-refractivity contribution is 0.0240. The van der Waals surface area contributed by atoms with Gasteiger partial charge >= 0.3 is 12.1 Å². The number of carbonyl (C=O) groups excluding carboxylic acids is 1. The second-order valence-electron chi connectivity index (χ2n) is 7.17. The molecule has 8 heteroatoms. The Hall–Kier alpha value is -2.90. The third-order valence-electron chi connectivity index (χ3n) is 4.06. The average Bonchev–Trinajstić information content (AvgIpc) is 2.59. The van der Waals surface area contributed by atoms with Crippen molar-refractivity contribution >= 4 is 28.9 Å². The highest BCUT2D eigenvalue weighted by Gasteiger charge is 2.26. The molecule has 3 rings (SSSR count). The van der Waals surface area contributed by atoms with Crippen LogP contribution < -0.4 is 4.90 Å². The molecule has 1 aliphatic rings. The standard InChI is InChI=1S/C18H22N4O4/c1-18(2,3)26-17(25)22-9-7-21(8-10-22)16-19-11-13-12(15(23)24)5-4-6-14(13)20-16/h4-6,11H,7-10H2,1-3H3,(H,23,24). The second kappa shape index (κ2) is 6.78. The van der Waals surface area contributed by atoms with Crippen molar-refractivity contribution in [2.24, 2.45) is 0 Å². The number of benzene rings is 1. The first-order valence-corrected chi connectivity index (χ1v) is 8.46. The number of aromatic carboxylic acids is 1. The number of nitrogens with zero attached hydrogens (tertiary/aromatic N) is 4. The highest BCUT2D eigenvalue weighted by molar-refractivity contribution is 6.02. The molecule has 26 heavy (non-hydrogen) atoms. The highest BCUT2D eigenvalue weighted by atomic mass is 16.6. The molecule has 0 radical (unpaired) electrons. The van der Waals surface area contributed by atoms with Gasteiger partial charge in [-0.25, -0.2) is 19.6 Å². The second-order valence-corrected chi connectivity index (χ2v) is 7.17. The van der Waals surface area contributed by atoms with Crippen molar-refractivity contribution in [2.75, 3.05) is 31.1 Å². The summed E-state index contributed by atoms with van der Waals surface area (Å²) in [5.74, 6) is -0.471. The number of hydrogen-bond donors (Lipinski definition) is 1. The molecule has 0 atom stereocenters. The van der Waals surface area contributed by atoms with Gasteiger partial charge in [0.2, 0.25) is 5.95 Å². The quantitative estimate of drug-likeness (QED) is 0.880. The molecule has 8 nitrogen and oxygen atoms in total. The molecule has 0 bridgehead atoms. The fraction of sp³-hybridized carbons (Fsp3) is 0.444. The van der Waals surface area contributed by atoms with Crippen molar-refractivity contribution in [1.82, 2.24) is 14.9 Å². The molecule has 2 heterocycles. The van der Waals surface area contributed by atoms with Crippen LogP contribution in [0.4, 0.5) is 10.7 Å². The predicted octanol–water partition coefficient (Wildman–Crippen LogP) is 2.39. The van der Waals surface area contributed by atoms with Crippen LogP contribution >= 0.6 is 0 Å². The van der Waals surface area contributed by atoms with E-state index in [0.29, 0.717) is 43.0 Å². The molecule has 1 fully saturated rings. The van der Waals surface area contributed by atoms with Crippen molar-refractivity contribution in [1.29, 1.82) is 0 Å². The lowest BCUT2D eigenvalue weighted by Gasteiger charge is -2.35. The molecule has 1 aromatic carbocycles. The van der Waals surface area contributed by atoms with Crippen LogP contribution in [-0.2, 0) is 4.74 Å². The Labute approximate surface area is 151 Å². The fourth-order valence-electron chi connectivity index (χ4n) is 2.80. The number of carboxylic acid groups (broad SMARTS) is 1. The molecule has 1 saturated heterocycles. The van der Waals surface area contributed by atoms with Gasteiger partial charge in [-0.05, 0) is 32.9 Å². The Bertz CT molecular complexity index is 839. The zero-order chi connectivity index (χ0) is 18.9. The maximum Gasteiger partial charge on any atom is 0.410 e. The van der Waals surface area contributed by atoms with Crippen LogP contribution in [0.1, 0.15) is 31.1 Å². The summed E-state index contributed by atoms with van der Waals surface area (Å²) in [6.07, 6.45) is 1.23. The summed E-state index contributed by atoms with van der Waals surface area (Å²) >= 11 is 0. The summed E-state index contributed by atoms with van der Waals surface area (Å²) < 4.78 is 5.39. The summed E-state index contributed by atoms with van der Waals surface area (Å²) in [4.78, 5) is 35.9. The van der Waals surface area contributed by atoms with Gasteiger partial charge in [0.15, 0.2) is 0 Å². The summed E-state index contributed by atoms with van der Waals surface area (Å²) in [5.41, 5.74) is 0.255. The number of piperazine rings is 1. The van der Waals surface area contributed by atoms with E-state index in [1.54, 1.807) is 23.2 Å². The molecule has 138 valence electrons. The highest BCUT2D eigenvalue weighted by Crippen LogP contribution is 2.20. The third-order valence-corrected chi connectivity index (χ3v) is 4.06. The number of carboxylic acids is 1.